The van der Waals surface area contributed by atoms with Gasteiger partial charge in [0.25, 0.3) is 0 Å². The van der Waals surface area contributed by atoms with Crippen molar-refractivity contribution in [3.63, 3.8) is 0 Å². The van der Waals surface area contributed by atoms with Crippen molar-refractivity contribution in [2.45, 2.75) is 19.4 Å². The van der Waals surface area contributed by atoms with Crippen LogP contribution >= 0.6 is 22.7 Å². The highest BCUT2D eigenvalue weighted by atomic mass is 32.1. The van der Waals surface area contributed by atoms with E-state index in [0.29, 0.717) is 10.0 Å². The van der Waals surface area contributed by atoms with Gasteiger partial charge in [-0.15, -0.1) is 32.9 Å². The topological polar surface area (TPSA) is 58.9 Å². The number of aryl methyl sites for hydroxylation is 1. The van der Waals surface area contributed by atoms with Crippen molar-refractivity contribution in [1.82, 2.24) is 15.2 Å². The molecular formula is C8H9N3OS2. The first-order valence-electron chi connectivity index (χ1n) is 4.02. The summed E-state index contributed by atoms with van der Waals surface area (Å²) in [5, 5.41) is 20.9. The van der Waals surface area contributed by atoms with Gasteiger partial charge in [-0.2, -0.15) is 0 Å². The number of nitrogens with zero attached hydrogens (tertiary/aromatic N) is 3. The smallest absolute Gasteiger partial charge is 0.166 e. The van der Waals surface area contributed by atoms with E-state index < -0.39 is 5.60 Å². The van der Waals surface area contributed by atoms with Gasteiger partial charge in [0.2, 0.25) is 0 Å². The van der Waals surface area contributed by atoms with Gasteiger partial charge in [0.15, 0.2) is 10.6 Å². The number of thiazole rings is 1. The molecule has 14 heavy (non-hydrogen) atoms. The van der Waals surface area contributed by atoms with Gasteiger partial charge in [-0.05, 0) is 13.8 Å². The van der Waals surface area contributed by atoms with Crippen molar-refractivity contribution in [3.8, 4) is 0 Å². The Balaban J connectivity index is 2.42. The van der Waals surface area contributed by atoms with Crippen LogP contribution in [0.1, 0.15) is 22.6 Å². The molecule has 1 N–H and O–H groups in total. The summed E-state index contributed by atoms with van der Waals surface area (Å²) >= 11 is 2.76. The fourth-order valence-electron chi connectivity index (χ4n) is 1.05. The molecule has 0 saturated carbocycles. The molecule has 0 fully saturated rings. The molecule has 0 amide bonds. The van der Waals surface area contributed by atoms with Crippen molar-refractivity contribution < 1.29 is 5.11 Å². The molecule has 0 aromatic carbocycles. The molecule has 0 aliphatic carbocycles. The van der Waals surface area contributed by atoms with Crippen LogP contribution in [-0.2, 0) is 5.60 Å². The summed E-state index contributed by atoms with van der Waals surface area (Å²) in [5.74, 6) is 0. The molecule has 0 bridgehead atoms. The lowest BCUT2D eigenvalue weighted by Crippen LogP contribution is -2.22. The molecule has 0 aliphatic heterocycles. The quantitative estimate of drug-likeness (QED) is 0.845. The van der Waals surface area contributed by atoms with Crippen LogP contribution in [0.4, 0.5) is 0 Å². The van der Waals surface area contributed by atoms with E-state index in [-0.39, 0.29) is 0 Å². The van der Waals surface area contributed by atoms with Crippen LogP contribution < -0.4 is 0 Å². The van der Waals surface area contributed by atoms with Gasteiger partial charge in [-0.1, -0.05) is 0 Å². The van der Waals surface area contributed by atoms with Crippen LogP contribution in [0.2, 0.25) is 0 Å². The van der Waals surface area contributed by atoms with Crippen LogP contribution in [0, 0.1) is 6.92 Å². The molecule has 2 rings (SSSR count). The lowest BCUT2D eigenvalue weighted by Gasteiger charge is -2.16. The van der Waals surface area contributed by atoms with Crippen molar-refractivity contribution >= 4 is 22.7 Å². The summed E-state index contributed by atoms with van der Waals surface area (Å²) in [6, 6.07) is 0. The van der Waals surface area contributed by atoms with Gasteiger partial charge < -0.3 is 5.11 Å². The van der Waals surface area contributed by atoms with Crippen LogP contribution in [0.3, 0.4) is 0 Å². The zero-order valence-corrected chi connectivity index (χ0v) is 9.39. The first-order valence-corrected chi connectivity index (χ1v) is 5.78. The van der Waals surface area contributed by atoms with E-state index >= 15 is 0 Å². The van der Waals surface area contributed by atoms with Crippen LogP contribution in [-0.4, -0.2) is 20.3 Å². The molecule has 2 aromatic heterocycles. The maximum absolute atomic E-state index is 10.2. The Bertz CT molecular complexity index is 421. The third-order valence-corrected chi connectivity index (χ3v) is 3.88. The second kappa shape index (κ2) is 3.38. The molecule has 6 heteroatoms. The molecule has 74 valence electrons. The second-order valence-electron chi connectivity index (χ2n) is 3.11. The lowest BCUT2D eigenvalue weighted by molar-refractivity contribution is 0.101. The van der Waals surface area contributed by atoms with Crippen molar-refractivity contribution in [3.05, 3.63) is 26.6 Å². The summed E-state index contributed by atoms with van der Waals surface area (Å²) in [7, 11) is 0. The monoisotopic (exact) mass is 227 g/mol. The number of rotatable bonds is 2. The van der Waals surface area contributed by atoms with E-state index in [1.165, 1.54) is 22.7 Å². The van der Waals surface area contributed by atoms with E-state index in [0.717, 1.165) is 5.69 Å². The van der Waals surface area contributed by atoms with E-state index in [1.54, 1.807) is 12.4 Å². The fraction of sp³-hybridized carbons (Fsp3) is 0.375. The van der Waals surface area contributed by atoms with Gasteiger partial charge >= 0.3 is 0 Å². The number of hydrogen-bond donors (Lipinski definition) is 1. The van der Waals surface area contributed by atoms with Crippen molar-refractivity contribution in [2.75, 3.05) is 0 Å². The Morgan fingerprint density at radius 2 is 2.14 bits per heavy atom. The summed E-state index contributed by atoms with van der Waals surface area (Å²) in [6.07, 6.45) is 0. The maximum atomic E-state index is 10.2. The fourth-order valence-corrected chi connectivity index (χ4v) is 2.59. The van der Waals surface area contributed by atoms with E-state index in [9.17, 15) is 5.11 Å². The Kier molecular flexibility index (Phi) is 2.34. The number of aromatic nitrogens is 3. The van der Waals surface area contributed by atoms with E-state index in [4.69, 9.17) is 0 Å². The Morgan fingerprint density at radius 3 is 2.64 bits per heavy atom. The predicted molar refractivity (Wildman–Crippen MR) is 55.4 cm³/mol. The van der Waals surface area contributed by atoms with Gasteiger partial charge in [-0.25, -0.2) is 4.98 Å². The molecule has 2 aromatic rings. The summed E-state index contributed by atoms with van der Waals surface area (Å²) < 4.78 is 0. The minimum atomic E-state index is -1.11. The van der Waals surface area contributed by atoms with Crippen LogP contribution in [0.5, 0.6) is 0 Å². The molecular weight excluding hydrogens is 218 g/mol. The molecule has 0 aliphatic rings. The zero-order valence-electron chi connectivity index (χ0n) is 7.76. The third-order valence-electron chi connectivity index (χ3n) is 1.81. The first kappa shape index (κ1) is 9.70. The average molecular weight is 227 g/mol. The molecule has 0 radical (unpaired) electrons. The normalized spacial score (nSPS) is 15.4. The van der Waals surface area contributed by atoms with Crippen LogP contribution in [0.25, 0.3) is 0 Å². The van der Waals surface area contributed by atoms with Crippen LogP contribution in [0.15, 0.2) is 10.9 Å². The average Bonchev–Trinajstić information content (AvgIpc) is 2.72. The van der Waals surface area contributed by atoms with Gasteiger partial charge in [0, 0.05) is 11.1 Å². The standard InChI is InChI=1S/C8H9N3OS2/c1-5-3-13-6(10-5)8(2,12)7-11-9-4-14-7/h3-4,12H,1-2H3. The molecule has 1 unspecified atom stereocenters. The first-order chi connectivity index (χ1) is 6.60. The van der Waals surface area contributed by atoms with E-state index in [1.807, 2.05) is 12.3 Å². The Labute approximate surface area is 89.3 Å². The SMILES string of the molecule is Cc1csc(C(C)(O)c2nncs2)n1. The maximum Gasteiger partial charge on any atom is 0.166 e. The zero-order chi connectivity index (χ0) is 10.2. The molecule has 4 nitrogen and oxygen atoms in total. The third kappa shape index (κ3) is 1.56. The Morgan fingerprint density at radius 1 is 1.36 bits per heavy atom. The second-order valence-corrected chi connectivity index (χ2v) is 4.80. The minimum absolute atomic E-state index is 0.576. The lowest BCUT2D eigenvalue weighted by atomic mass is 10.1. The molecule has 2 heterocycles. The molecule has 0 saturated heterocycles. The molecule has 1 atom stereocenters. The predicted octanol–water partition coefficient (Wildman–Crippen LogP) is 1.56. The van der Waals surface area contributed by atoms with E-state index in [2.05, 4.69) is 15.2 Å². The van der Waals surface area contributed by atoms with Crippen molar-refractivity contribution in [2.24, 2.45) is 0 Å². The van der Waals surface area contributed by atoms with Gasteiger partial charge in [0.05, 0.1) is 0 Å². The highest BCUT2D eigenvalue weighted by Gasteiger charge is 2.32. The summed E-state index contributed by atoms with van der Waals surface area (Å²) in [5.41, 5.74) is 1.40. The summed E-state index contributed by atoms with van der Waals surface area (Å²) in [4.78, 5) is 4.25. The van der Waals surface area contributed by atoms with Crippen molar-refractivity contribution in [1.29, 1.82) is 0 Å². The minimum Gasteiger partial charge on any atom is -0.376 e. The highest BCUT2D eigenvalue weighted by molar-refractivity contribution is 7.11. The molecule has 0 spiro atoms. The van der Waals surface area contributed by atoms with Gasteiger partial charge in [0.1, 0.15) is 10.5 Å². The summed E-state index contributed by atoms with van der Waals surface area (Å²) in [6.45, 7) is 3.59. The highest BCUT2D eigenvalue weighted by Crippen LogP contribution is 2.31. The largest absolute Gasteiger partial charge is 0.376 e. The Hall–Kier alpha value is -0.850. The number of aliphatic hydroxyl groups is 1. The number of hydrogen-bond acceptors (Lipinski definition) is 6. The van der Waals surface area contributed by atoms with Gasteiger partial charge in [-0.3, -0.25) is 0 Å².